The third-order valence-corrected chi connectivity index (χ3v) is 8.06. The van der Waals surface area contributed by atoms with E-state index in [1.165, 1.54) is 29.6 Å². The molecule has 2 fully saturated rings. The minimum atomic E-state index is -5.00. The number of amides is 1. The average molecular weight is 666 g/mol. The van der Waals surface area contributed by atoms with Crippen LogP contribution in [-0.4, -0.2) is 88.9 Å². The van der Waals surface area contributed by atoms with Gasteiger partial charge < -0.3 is 20.0 Å². The molecule has 3 rings (SSSR count). The number of hydrogen-bond acceptors (Lipinski definition) is 8. The molecule has 0 radical (unpaired) electrons. The summed E-state index contributed by atoms with van der Waals surface area (Å²) in [6.07, 6.45) is -8.86. The fourth-order valence-corrected chi connectivity index (χ4v) is 5.53. The third-order valence-electron chi connectivity index (χ3n) is 8.06. The van der Waals surface area contributed by atoms with Gasteiger partial charge in [0.05, 0.1) is 23.7 Å². The Hall–Kier alpha value is -2.93. The molecule has 260 valence electrons. The number of carbonyl (C=O) groups excluding carboxylic acids is 2. The number of halogens is 6. The van der Waals surface area contributed by atoms with Crippen molar-refractivity contribution in [1.29, 1.82) is 5.26 Å². The van der Waals surface area contributed by atoms with Crippen LogP contribution in [0.1, 0.15) is 83.5 Å². The van der Waals surface area contributed by atoms with Gasteiger partial charge in [0.2, 0.25) is 0 Å². The first-order valence-corrected chi connectivity index (χ1v) is 15.2. The Balaban J connectivity index is 0.000000623. The van der Waals surface area contributed by atoms with Crippen molar-refractivity contribution in [2.75, 3.05) is 26.7 Å². The molecule has 6 unspecified atom stereocenters. The van der Waals surface area contributed by atoms with Crippen LogP contribution in [0.4, 0.5) is 31.1 Å². The van der Waals surface area contributed by atoms with Crippen LogP contribution in [0.2, 0.25) is 0 Å². The van der Waals surface area contributed by atoms with Gasteiger partial charge in [-0.1, -0.05) is 20.3 Å². The largest absolute Gasteiger partial charge is 0.444 e. The summed E-state index contributed by atoms with van der Waals surface area (Å²) in [7, 11) is 2.03. The Kier molecular flexibility index (Phi) is 13.5. The second kappa shape index (κ2) is 15.8. The van der Waals surface area contributed by atoms with E-state index in [-0.39, 0.29) is 24.7 Å². The number of nitrogens with one attached hydrogen (secondary N) is 1. The van der Waals surface area contributed by atoms with Gasteiger partial charge >= 0.3 is 18.4 Å². The lowest BCUT2D eigenvalue weighted by Gasteiger charge is -2.34. The molecule has 1 aliphatic heterocycles. The standard InChI is InChI=1S/C23H31F6N3O4.C8H14N2/c1-6-18-11-31(10-17(12-33)30-19(34)36-21(3,4)5)20(35)32(18)13(2)14-7-15(22(24,25)26)9-16(8-14)23(27,28)29;1-3-7-6-8(7)10(2)5-4-9/h7-9,12-13,17-18,20,35H,6,10-11H2,1-5H3,(H,30,34);7-8H,3,5-6H2,1-2H3. The van der Waals surface area contributed by atoms with Gasteiger partial charge in [-0.15, -0.1) is 0 Å². The highest BCUT2D eigenvalue weighted by molar-refractivity contribution is 5.73. The molecule has 2 N–H and O–H groups in total. The number of rotatable bonds is 10. The number of ether oxygens (including phenoxy) is 1. The van der Waals surface area contributed by atoms with Crippen LogP contribution in [0.25, 0.3) is 0 Å². The van der Waals surface area contributed by atoms with Gasteiger partial charge in [0.15, 0.2) is 6.35 Å². The fourth-order valence-electron chi connectivity index (χ4n) is 5.53. The molecule has 1 saturated carbocycles. The van der Waals surface area contributed by atoms with Crippen molar-refractivity contribution in [3.05, 3.63) is 34.9 Å². The van der Waals surface area contributed by atoms with E-state index in [0.29, 0.717) is 37.4 Å². The number of carbonyl (C=O) groups is 2. The molecular weight excluding hydrogens is 620 g/mol. The lowest BCUT2D eigenvalue weighted by Crippen LogP contribution is -2.49. The number of aldehydes is 1. The molecule has 15 heteroatoms. The zero-order valence-corrected chi connectivity index (χ0v) is 27.2. The summed E-state index contributed by atoms with van der Waals surface area (Å²) in [5.74, 6) is 0.873. The maximum atomic E-state index is 13.3. The molecule has 6 atom stereocenters. The second-order valence-corrected chi connectivity index (χ2v) is 12.8. The van der Waals surface area contributed by atoms with E-state index in [4.69, 9.17) is 10.00 Å². The molecule has 0 aromatic heterocycles. The molecular formula is C31H45F6N5O4. The molecule has 1 heterocycles. The Bertz CT molecular complexity index is 1180. The maximum Gasteiger partial charge on any atom is 0.416 e. The Morgan fingerprint density at radius 1 is 1.13 bits per heavy atom. The third kappa shape index (κ3) is 11.1. The first-order valence-electron chi connectivity index (χ1n) is 15.2. The summed E-state index contributed by atoms with van der Waals surface area (Å²) in [5.41, 5.74) is -3.97. The predicted octanol–water partition coefficient (Wildman–Crippen LogP) is 5.79. The highest BCUT2D eigenvalue weighted by Crippen LogP contribution is 2.40. The van der Waals surface area contributed by atoms with Crippen LogP contribution in [0.3, 0.4) is 0 Å². The number of aliphatic hydroxyl groups is 1. The first kappa shape index (κ1) is 39.2. The van der Waals surface area contributed by atoms with Crippen molar-refractivity contribution in [2.24, 2.45) is 5.92 Å². The molecule has 1 saturated heterocycles. The van der Waals surface area contributed by atoms with Crippen LogP contribution in [0, 0.1) is 17.2 Å². The van der Waals surface area contributed by atoms with Crippen LogP contribution in [0.5, 0.6) is 0 Å². The Morgan fingerprint density at radius 3 is 2.11 bits per heavy atom. The molecule has 1 aromatic rings. The monoisotopic (exact) mass is 665 g/mol. The summed E-state index contributed by atoms with van der Waals surface area (Å²) in [5, 5.41) is 21.7. The van der Waals surface area contributed by atoms with Crippen LogP contribution in [-0.2, 0) is 21.9 Å². The predicted molar refractivity (Wildman–Crippen MR) is 158 cm³/mol. The number of alkyl halides is 6. The lowest BCUT2D eigenvalue weighted by molar-refractivity contribution is -0.143. The summed E-state index contributed by atoms with van der Waals surface area (Å²) >= 11 is 0. The summed E-state index contributed by atoms with van der Waals surface area (Å²) in [4.78, 5) is 28.5. The fraction of sp³-hybridized carbons (Fsp3) is 0.710. The van der Waals surface area contributed by atoms with E-state index in [1.54, 1.807) is 27.7 Å². The normalized spacial score (nSPS) is 23.6. The van der Waals surface area contributed by atoms with Gasteiger partial charge in [0.25, 0.3) is 0 Å². The minimum Gasteiger partial charge on any atom is -0.444 e. The van der Waals surface area contributed by atoms with Gasteiger partial charge in [-0.05, 0) is 77.3 Å². The number of benzene rings is 1. The number of nitriles is 1. The highest BCUT2D eigenvalue weighted by Gasteiger charge is 2.43. The van der Waals surface area contributed by atoms with Crippen molar-refractivity contribution in [2.45, 2.75) is 109 Å². The van der Waals surface area contributed by atoms with Gasteiger partial charge in [-0.25, -0.2) is 4.79 Å². The molecule has 1 aliphatic carbocycles. The molecule has 0 spiro atoms. The number of nitrogens with zero attached hydrogens (tertiary/aromatic N) is 4. The van der Waals surface area contributed by atoms with Crippen LogP contribution < -0.4 is 5.32 Å². The molecule has 46 heavy (non-hydrogen) atoms. The van der Waals surface area contributed by atoms with Crippen molar-refractivity contribution < 1.29 is 45.8 Å². The van der Waals surface area contributed by atoms with E-state index in [1.807, 2.05) is 7.05 Å². The zero-order valence-electron chi connectivity index (χ0n) is 27.2. The smallest absolute Gasteiger partial charge is 0.416 e. The van der Waals surface area contributed by atoms with Crippen LogP contribution >= 0.6 is 0 Å². The quantitative estimate of drug-likeness (QED) is 0.184. The SMILES string of the molecule is CCC1CC1N(C)CC#N.CCC1CN(CC(C=O)NC(=O)OC(C)(C)C)C(O)N1C(C)c1cc(C(F)(F)F)cc(C(F)(F)F)c1. The summed E-state index contributed by atoms with van der Waals surface area (Å²) in [6.45, 7) is 10.9. The molecule has 1 amide bonds. The zero-order chi connectivity index (χ0) is 35.2. The van der Waals surface area contributed by atoms with Gasteiger partial charge in [0, 0.05) is 31.2 Å². The highest BCUT2D eigenvalue weighted by atomic mass is 19.4. The Labute approximate surface area is 266 Å². The lowest BCUT2D eigenvalue weighted by atomic mass is 9.98. The van der Waals surface area contributed by atoms with E-state index in [9.17, 15) is 41.0 Å². The van der Waals surface area contributed by atoms with E-state index < -0.39 is 59.7 Å². The second-order valence-electron chi connectivity index (χ2n) is 12.8. The molecule has 9 nitrogen and oxygen atoms in total. The summed E-state index contributed by atoms with van der Waals surface area (Å²) < 4.78 is 85.1. The van der Waals surface area contributed by atoms with Gasteiger partial charge in [-0.2, -0.15) is 31.6 Å². The number of aliphatic hydroxyl groups excluding tert-OH is 1. The Morgan fingerprint density at radius 2 is 1.70 bits per heavy atom. The number of alkyl carbamates (subject to hydrolysis) is 1. The molecule has 1 aromatic carbocycles. The number of hydrogen-bond donors (Lipinski definition) is 2. The maximum absolute atomic E-state index is 13.3. The first-order chi connectivity index (χ1) is 21.2. The van der Waals surface area contributed by atoms with Gasteiger partial charge in [0.1, 0.15) is 17.9 Å². The van der Waals surface area contributed by atoms with E-state index in [0.717, 1.165) is 5.92 Å². The van der Waals surface area contributed by atoms with E-state index >= 15 is 0 Å². The minimum absolute atomic E-state index is 0.0528. The van der Waals surface area contributed by atoms with E-state index in [2.05, 4.69) is 23.2 Å². The van der Waals surface area contributed by atoms with Gasteiger partial charge in [-0.3, -0.25) is 14.7 Å². The topological polar surface area (TPSA) is 109 Å². The molecule has 0 bridgehead atoms. The average Bonchev–Trinajstić information content (AvgIpc) is 3.67. The van der Waals surface area contributed by atoms with Crippen molar-refractivity contribution in [3.8, 4) is 6.07 Å². The molecule has 2 aliphatic rings. The summed E-state index contributed by atoms with van der Waals surface area (Å²) in [6, 6.07) is 1.64. The van der Waals surface area contributed by atoms with Crippen molar-refractivity contribution in [1.82, 2.24) is 20.0 Å². The van der Waals surface area contributed by atoms with Crippen molar-refractivity contribution >= 4 is 12.4 Å². The van der Waals surface area contributed by atoms with Crippen LogP contribution in [0.15, 0.2) is 18.2 Å². The van der Waals surface area contributed by atoms with Crippen molar-refractivity contribution in [3.63, 3.8) is 0 Å².